The molecule has 98 valence electrons. The van der Waals surface area contributed by atoms with Crippen LogP contribution in [0.2, 0.25) is 0 Å². The Morgan fingerprint density at radius 1 is 1.24 bits per heavy atom. The van der Waals surface area contributed by atoms with E-state index in [1.54, 1.807) is 0 Å². The van der Waals surface area contributed by atoms with Gasteiger partial charge < -0.3 is 10.5 Å². The van der Waals surface area contributed by atoms with Gasteiger partial charge in [-0.25, -0.2) is 0 Å². The highest BCUT2D eigenvalue weighted by molar-refractivity contribution is 5.13. The van der Waals surface area contributed by atoms with Crippen LogP contribution in [0.5, 0.6) is 0 Å². The van der Waals surface area contributed by atoms with Crippen LogP contribution in [0.25, 0.3) is 0 Å². The van der Waals surface area contributed by atoms with Gasteiger partial charge in [0, 0.05) is 5.54 Å². The van der Waals surface area contributed by atoms with Crippen molar-refractivity contribution in [3.8, 4) is 0 Å². The van der Waals surface area contributed by atoms with Crippen LogP contribution in [0.3, 0.4) is 0 Å². The molecule has 2 N–H and O–H groups in total. The number of hydrogen-bond acceptors (Lipinski definition) is 3. The summed E-state index contributed by atoms with van der Waals surface area (Å²) in [6, 6.07) is 0.000833. The molecule has 17 heavy (non-hydrogen) atoms. The Balaban J connectivity index is 2.04. The van der Waals surface area contributed by atoms with Crippen LogP contribution in [-0.4, -0.2) is 36.2 Å². The molecule has 0 aliphatic carbocycles. The van der Waals surface area contributed by atoms with Crippen molar-refractivity contribution in [3.63, 3.8) is 0 Å². The van der Waals surface area contributed by atoms with Crippen LogP contribution in [0, 0.1) is 0 Å². The van der Waals surface area contributed by atoms with E-state index in [4.69, 9.17) is 10.5 Å². The first kappa shape index (κ1) is 12.9. The lowest BCUT2D eigenvalue weighted by molar-refractivity contribution is 0.0561. The number of rotatable bonds is 3. The topological polar surface area (TPSA) is 38.5 Å². The van der Waals surface area contributed by atoms with E-state index >= 15 is 0 Å². The van der Waals surface area contributed by atoms with E-state index < -0.39 is 0 Å². The lowest BCUT2D eigenvalue weighted by Gasteiger charge is -2.45. The van der Waals surface area contributed by atoms with Gasteiger partial charge in [0.05, 0.1) is 12.6 Å². The van der Waals surface area contributed by atoms with Crippen molar-refractivity contribution in [2.75, 3.05) is 19.7 Å². The Bertz CT molecular complexity index is 280. The molecule has 3 heteroatoms. The molecular weight excluding hydrogens is 212 g/mol. The largest absolute Gasteiger partial charge is 0.497 e. The van der Waals surface area contributed by atoms with E-state index in [0.29, 0.717) is 0 Å². The van der Waals surface area contributed by atoms with Gasteiger partial charge >= 0.3 is 0 Å². The normalized spacial score (nSPS) is 25.0. The van der Waals surface area contributed by atoms with Crippen LogP contribution >= 0.6 is 0 Å². The van der Waals surface area contributed by atoms with Crippen molar-refractivity contribution < 1.29 is 4.74 Å². The molecular formula is C14H26N2O. The van der Waals surface area contributed by atoms with Gasteiger partial charge in [0.15, 0.2) is 0 Å². The molecule has 1 atom stereocenters. The summed E-state index contributed by atoms with van der Waals surface area (Å²) in [6.45, 7) is 7.68. The first-order valence-electron chi connectivity index (χ1n) is 6.96. The molecule has 0 amide bonds. The molecule has 0 saturated carbocycles. The highest BCUT2D eigenvalue weighted by Gasteiger charge is 2.36. The van der Waals surface area contributed by atoms with E-state index in [2.05, 4.69) is 24.8 Å². The Morgan fingerprint density at radius 2 is 1.94 bits per heavy atom. The molecule has 2 aliphatic rings. The Kier molecular flexibility index (Phi) is 4.10. The zero-order chi connectivity index (χ0) is 12.3. The average Bonchev–Trinajstić information content (AvgIpc) is 2.40. The summed E-state index contributed by atoms with van der Waals surface area (Å²) in [6.07, 6.45) is 8.38. The molecule has 0 bridgehead atoms. The summed E-state index contributed by atoms with van der Waals surface area (Å²) in [4.78, 5) is 2.53. The van der Waals surface area contributed by atoms with Crippen LogP contribution in [0.15, 0.2) is 11.8 Å². The van der Waals surface area contributed by atoms with Gasteiger partial charge in [-0.1, -0.05) is 6.42 Å². The third kappa shape index (κ3) is 2.83. The zero-order valence-electron chi connectivity index (χ0n) is 11.2. The highest BCUT2D eigenvalue weighted by Crippen LogP contribution is 2.28. The van der Waals surface area contributed by atoms with Crippen LogP contribution in [0.4, 0.5) is 0 Å². The van der Waals surface area contributed by atoms with Crippen molar-refractivity contribution in [1.29, 1.82) is 0 Å². The summed E-state index contributed by atoms with van der Waals surface area (Å²) < 4.78 is 5.73. The van der Waals surface area contributed by atoms with Gasteiger partial charge in [-0.15, -0.1) is 0 Å². The van der Waals surface area contributed by atoms with Gasteiger partial charge in [0.1, 0.15) is 5.76 Å². The van der Waals surface area contributed by atoms with Crippen molar-refractivity contribution in [1.82, 2.24) is 4.90 Å². The van der Waals surface area contributed by atoms with E-state index in [0.717, 1.165) is 25.2 Å². The van der Waals surface area contributed by atoms with Crippen LogP contribution in [0.1, 0.15) is 46.0 Å². The van der Waals surface area contributed by atoms with Gasteiger partial charge in [-0.05, 0) is 58.7 Å². The Morgan fingerprint density at radius 3 is 2.53 bits per heavy atom. The lowest BCUT2D eigenvalue weighted by Crippen LogP contribution is -2.58. The number of hydrogen-bond donors (Lipinski definition) is 1. The fourth-order valence-electron chi connectivity index (χ4n) is 2.81. The Labute approximate surface area is 105 Å². The predicted octanol–water partition coefficient (Wildman–Crippen LogP) is 2.27. The number of piperidine rings is 1. The van der Waals surface area contributed by atoms with Gasteiger partial charge in [-0.3, -0.25) is 4.90 Å². The maximum absolute atomic E-state index is 6.42. The lowest BCUT2D eigenvalue weighted by atomic mass is 9.88. The van der Waals surface area contributed by atoms with E-state index in [-0.39, 0.29) is 11.6 Å². The molecule has 0 spiro atoms. The molecule has 1 saturated heterocycles. The number of nitrogens with two attached hydrogens (primary N) is 1. The monoisotopic (exact) mass is 238 g/mol. The third-order valence-corrected chi connectivity index (χ3v) is 4.20. The van der Waals surface area contributed by atoms with Crippen molar-refractivity contribution in [2.24, 2.45) is 5.73 Å². The molecule has 0 aromatic heterocycles. The molecule has 0 radical (unpaired) electrons. The second-order valence-corrected chi connectivity index (χ2v) is 5.78. The maximum atomic E-state index is 6.42. The van der Waals surface area contributed by atoms with Gasteiger partial charge in [0.2, 0.25) is 0 Å². The minimum atomic E-state index is 0.000833. The third-order valence-electron chi connectivity index (χ3n) is 4.20. The second kappa shape index (κ2) is 5.40. The average molecular weight is 238 g/mol. The molecule has 0 aromatic rings. The maximum Gasteiger partial charge on any atom is 0.111 e. The van der Waals surface area contributed by atoms with E-state index in [1.807, 2.05) is 0 Å². The fraction of sp³-hybridized carbons (Fsp3) is 0.857. The van der Waals surface area contributed by atoms with Crippen molar-refractivity contribution >= 4 is 0 Å². The summed E-state index contributed by atoms with van der Waals surface area (Å²) in [7, 11) is 0. The van der Waals surface area contributed by atoms with Crippen LogP contribution in [-0.2, 0) is 4.74 Å². The number of nitrogens with zero attached hydrogens (tertiary/aromatic N) is 1. The predicted molar refractivity (Wildman–Crippen MR) is 70.7 cm³/mol. The first-order valence-corrected chi connectivity index (χ1v) is 6.96. The number of ether oxygens (including phenoxy) is 1. The minimum absolute atomic E-state index is 0.000833. The first-order chi connectivity index (χ1) is 8.12. The van der Waals surface area contributed by atoms with Crippen molar-refractivity contribution in [2.45, 2.75) is 57.5 Å². The molecule has 3 nitrogen and oxygen atoms in total. The van der Waals surface area contributed by atoms with E-state index in [9.17, 15) is 0 Å². The summed E-state index contributed by atoms with van der Waals surface area (Å²) >= 11 is 0. The molecule has 2 aliphatic heterocycles. The quantitative estimate of drug-likeness (QED) is 0.819. The molecule has 2 heterocycles. The second-order valence-electron chi connectivity index (χ2n) is 5.78. The van der Waals surface area contributed by atoms with Gasteiger partial charge in [0.25, 0.3) is 0 Å². The summed E-state index contributed by atoms with van der Waals surface area (Å²) in [5.74, 6) is 1.01. The number of allylic oxidation sites excluding steroid dienone is 1. The smallest absolute Gasteiger partial charge is 0.111 e. The summed E-state index contributed by atoms with van der Waals surface area (Å²) in [5.41, 5.74) is 6.43. The molecule has 0 aromatic carbocycles. The fourth-order valence-corrected chi connectivity index (χ4v) is 2.81. The summed E-state index contributed by atoms with van der Waals surface area (Å²) in [5, 5.41) is 0. The minimum Gasteiger partial charge on any atom is -0.497 e. The Hall–Kier alpha value is -0.540. The molecule has 1 fully saturated rings. The number of likely N-dealkylation sites (tertiary alicyclic amines) is 1. The van der Waals surface area contributed by atoms with Crippen LogP contribution < -0.4 is 5.73 Å². The molecule has 2 rings (SSSR count). The molecule has 1 unspecified atom stereocenters. The van der Waals surface area contributed by atoms with Gasteiger partial charge in [-0.2, -0.15) is 0 Å². The van der Waals surface area contributed by atoms with E-state index in [1.165, 1.54) is 32.4 Å². The highest BCUT2D eigenvalue weighted by atomic mass is 16.5. The SMILES string of the molecule is CC(C)(C(N)C1=CCCCO1)N1CCCCC1. The standard InChI is InChI=1S/C14H26N2O/c1-14(2,16-9-5-3-6-10-16)13(15)12-8-4-7-11-17-12/h8,13H,3-7,9-11,15H2,1-2H3. The van der Waals surface area contributed by atoms with Crippen molar-refractivity contribution in [3.05, 3.63) is 11.8 Å². The zero-order valence-corrected chi connectivity index (χ0v) is 11.2.